The average Bonchev–Trinajstić information content (AvgIpc) is 3.08. The molecule has 0 spiro atoms. The highest BCUT2D eigenvalue weighted by Crippen LogP contribution is 2.36. The first-order valence-corrected chi connectivity index (χ1v) is 8.99. The largest absolute Gasteiger partial charge is 0.494 e. The van der Waals surface area contributed by atoms with E-state index in [1.165, 1.54) is 0 Å². The van der Waals surface area contributed by atoms with Crippen LogP contribution >= 0.6 is 11.6 Å². The van der Waals surface area contributed by atoms with Gasteiger partial charge in [0.15, 0.2) is 0 Å². The van der Waals surface area contributed by atoms with Crippen LogP contribution in [0.3, 0.4) is 0 Å². The SMILES string of the molecule is CC1(C)OB(c2ccc(CC(=O)N3CCCC3)c(Cl)c2)OC1(C)C. The molecule has 130 valence electrons. The van der Waals surface area contributed by atoms with Crippen molar-refractivity contribution in [3.63, 3.8) is 0 Å². The summed E-state index contributed by atoms with van der Waals surface area (Å²) in [6, 6.07) is 5.72. The Balaban J connectivity index is 1.72. The van der Waals surface area contributed by atoms with Gasteiger partial charge in [0, 0.05) is 18.1 Å². The van der Waals surface area contributed by atoms with Gasteiger partial charge in [-0.15, -0.1) is 0 Å². The summed E-state index contributed by atoms with van der Waals surface area (Å²) in [5.41, 5.74) is 0.980. The van der Waals surface area contributed by atoms with Gasteiger partial charge in [0.05, 0.1) is 17.6 Å². The second kappa shape index (κ2) is 6.36. The number of likely N-dealkylation sites (tertiary alicyclic amines) is 1. The molecule has 1 aromatic rings. The molecule has 0 bridgehead atoms. The molecule has 2 saturated heterocycles. The molecule has 6 heteroatoms. The van der Waals surface area contributed by atoms with Crippen LogP contribution in [-0.2, 0) is 20.5 Å². The number of halogens is 1. The fraction of sp³-hybridized carbons (Fsp3) is 0.611. The maximum absolute atomic E-state index is 12.3. The van der Waals surface area contributed by atoms with Crippen molar-refractivity contribution in [3.8, 4) is 0 Å². The fourth-order valence-electron chi connectivity index (χ4n) is 3.07. The minimum atomic E-state index is -0.434. The van der Waals surface area contributed by atoms with Gasteiger partial charge < -0.3 is 14.2 Å². The molecule has 0 atom stereocenters. The van der Waals surface area contributed by atoms with Gasteiger partial charge in [0.1, 0.15) is 0 Å². The Labute approximate surface area is 149 Å². The van der Waals surface area contributed by atoms with E-state index < -0.39 is 7.12 Å². The summed E-state index contributed by atoms with van der Waals surface area (Å²) in [6.45, 7) is 9.83. The average molecular weight is 350 g/mol. The molecule has 0 unspecified atom stereocenters. The van der Waals surface area contributed by atoms with Crippen molar-refractivity contribution >= 4 is 30.1 Å². The van der Waals surface area contributed by atoms with Crippen LogP contribution in [0.5, 0.6) is 0 Å². The molecular formula is C18H25BClNO3. The van der Waals surface area contributed by atoms with Gasteiger partial charge in [0.2, 0.25) is 5.91 Å². The molecule has 2 aliphatic heterocycles. The van der Waals surface area contributed by atoms with Crippen molar-refractivity contribution in [1.29, 1.82) is 0 Å². The normalized spacial score (nSPS) is 22.2. The quantitative estimate of drug-likeness (QED) is 0.788. The first-order valence-electron chi connectivity index (χ1n) is 8.61. The third-order valence-electron chi connectivity index (χ3n) is 5.40. The van der Waals surface area contributed by atoms with E-state index in [9.17, 15) is 4.79 Å². The van der Waals surface area contributed by atoms with E-state index >= 15 is 0 Å². The van der Waals surface area contributed by atoms with E-state index in [0.29, 0.717) is 11.4 Å². The van der Waals surface area contributed by atoms with E-state index in [1.807, 2.05) is 50.8 Å². The fourth-order valence-corrected chi connectivity index (χ4v) is 3.33. The summed E-state index contributed by atoms with van der Waals surface area (Å²) in [5.74, 6) is 0.151. The van der Waals surface area contributed by atoms with Crippen molar-refractivity contribution in [2.75, 3.05) is 13.1 Å². The summed E-state index contributed by atoms with van der Waals surface area (Å²) in [5, 5.41) is 0.592. The Hall–Kier alpha value is -1.04. The molecule has 0 aromatic heterocycles. The molecule has 4 nitrogen and oxygen atoms in total. The number of nitrogens with zero attached hydrogens (tertiary/aromatic N) is 1. The predicted molar refractivity (Wildman–Crippen MR) is 96.7 cm³/mol. The molecule has 2 fully saturated rings. The molecule has 2 heterocycles. The van der Waals surface area contributed by atoms with E-state index in [4.69, 9.17) is 20.9 Å². The monoisotopic (exact) mass is 349 g/mol. The Kier molecular flexibility index (Phi) is 4.71. The topological polar surface area (TPSA) is 38.8 Å². The van der Waals surface area contributed by atoms with Crippen LogP contribution in [0.2, 0.25) is 5.02 Å². The predicted octanol–water partition coefficient (Wildman–Crippen LogP) is 2.80. The van der Waals surface area contributed by atoms with E-state index in [-0.39, 0.29) is 17.1 Å². The summed E-state index contributed by atoms with van der Waals surface area (Å²) in [4.78, 5) is 14.2. The lowest BCUT2D eigenvalue weighted by atomic mass is 9.78. The lowest BCUT2D eigenvalue weighted by molar-refractivity contribution is -0.129. The van der Waals surface area contributed by atoms with Crippen LogP contribution in [0.25, 0.3) is 0 Å². The van der Waals surface area contributed by atoms with E-state index in [2.05, 4.69) is 0 Å². The van der Waals surface area contributed by atoms with Crippen LogP contribution < -0.4 is 5.46 Å². The number of benzene rings is 1. The lowest BCUT2D eigenvalue weighted by Crippen LogP contribution is -2.41. The number of carbonyl (C=O) groups excluding carboxylic acids is 1. The van der Waals surface area contributed by atoms with Crippen LogP contribution in [0, 0.1) is 0 Å². The van der Waals surface area contributed by atoms with Crippen LogP contribution in [-0.4, -0.2) is 42.2 Å². The van der Waals surface area contributed by atoms with Gasteiger partial charge in [-0.2, -0.15) is 0 Å². The summed E-state index contributed by atoms with van der Waals surface area (Å²) in [7, 11) is -0.434. The smallest absolute Gasteiger partial charge is 0.399 e. The first-order chi connectivity index (χ1) is 11.2. The minimum Gasteiger partial charge on any atom is -0.399 e. The molecule has 1 aromatic carbocycles. The standard InChI is InChI=1S/C18H25BClNO3/c1-17(2)18(3,4)24-19(23-17)14-8-7-13(15(20)12-14)11-16(22)21-9-5-6-10-21/h7-8,12H,5-6,9-11H2,1-4H3. The molecule has 0 N–H and O–H groups in total. The summed E-state index contributed by atoms with van der Waals surface area (Å²) < 4.78 is 12.1. The molecule has 2 aliphatic rings. The zero-order valence-corrected chi connectivity index (χ0v) is 15.7. The Bertz CT molecular complexity index is 625. The number of hydrogen-bond donors (Lipinski definition) is 0. The Morgan fingerprint density at radius 3 is 2.29 bits per heavy atom. The number of rotatable bonds is 3. The molecular weight excluding hydrogens is 324 g/mol. The highest BCUT2D eigenvalue weighted by molar-refractivity contribution is 6.62. The van der Waals surface area contributed by atoms with E-state index in [1.54, 1.807) is 0 Å². The maximum atomic E-state index is 12.3. The first kappa shape index (κ1) is 17.8. The molecule has 0 radical (unpaired) electrons. The molecule has 1 amide bonds. The van der Waals surface area contributed by atoms with E-state index in [0.717, 1.165) is 37.0 Å². The molecule has 24 heavy (non-hydrogen) atoms. The van der Waals surface area contributed by atoms with Gasteiger partial charge in [-0.3, -0.25) is 4.79 Å². The molecule has 3 rings (SSSR count). The van der Waals surface area contributed by atoms with Crippen molar-refractivity contribution in [2.24, 2.45) is 0 Å². The summed E-state index contributed by atoms with van der Waals surface area (Å²) in [6.07, 6.45) is 2.54. The van der Waals surface area contributed by atoms with Gasteiger partial charge in [0.25, 0.3) is 0 Å². The van der Waals surface area contributed by atoms with Crippen molar-refractivity contribution in [1.82, 2.24) is 4.90 Å². The van der Waals surface area contributed by atoms with Crippen LogP contribution in [0.15, 0.2) is 18.2 Å². The Morgan fingerprint density at radius 2 is 1.75 bits per heavy atom. The molecule has 0 aliphatic carbocycles. The number of amides is 1. The number of hydrogen-bond acceptors (Lipinski definition) is 3. The summed E-state index contributed by atoms with van der Waals surface area (Å²) >= 11 is 6.42. The number of carbonyl (C=O) groups is 1. The van der Waals surface area contributed by atoms with Gasteiger partial charge in [-0.25, -0.2) is 0 Å². The third kappa shape index (κ3) is 3.35. The highest BCUT2D eigenvalue weighted by Gasteiger charge is 2.51. The van der Waals surface area contributed by atoms with Gasteiger partial charge >= 0.3 is 7.12 Å². The van der Waals surface area contributed by atoms with Crippen molar-refractivity contribution in [3.05, 3.63) is 28.8 Å². The zero-order valence-electron chi connectivity index (χ0n) is 14.9. The second-order valence-electron chi connectivity index (χ2n) is 7.70. The Morgan fingerprint density at radius 1 is 1.17 bits per heavy atom. The van der Waals surface area contributed by atoms with Crippen LogP contribution in [0.1, 0.15) is 46.1 Å². The highest BCUT2D eigenvalue weighted by atomic mass is 35.5. The van der Waals surface area contributed by atoms with Crippen LogP contribution in [0.4, 0.5) is 0 Å². The van der Waals surface area contributed by atoms with Gasteiger partial charge in [-0.05, 0) is 57.6 Å². The minimum absolute atomic E-state index is 0.151. The molecule has 0 saturated carbocycles. The third-order valence-corrected chi connectivity index (χ3v) is 5.75. The lowest BCUT2D eigenvalue weighted by Gasteiger charge is -2.32. The zero-order chi connectivity index (χ0) is 17.5. The second-order valence-corrected chi connectivity index (χ2v) is 8.11. The van der Waals surface area contributed by atoms with Crippen molar-refractivity contribution in [2.45, 2.75) is 58.2 Å². The van der Waals surface area contributed by atoms with Gasteiger partial charge in [-0.1, -0.05) is 23.7 Å². The van der Waals surface area contributed by atoms with Crippen molar-refractivity contribution < 1.29 is 14.1 Å². The maximum Gasteiger partial charge on any atom is 0.494 e.